The Kier molecular flexibility index (Phi) is 5.19. The van der Waals surface area contributed by atoms with E-state index in [1.165, 1.54) is 13.3 Å². The molecule has 1 heterocycles. The van der Waals surface area contributed by atoms with E-state index < -0.39 is 22.2 Å². The van der Waals surface area contributed by atoms with Gasteiger partial charge < -0.3 is 15.2 Å². The summed E-state index contributed by atoms with van der Waals surface area (Å²) in [6.07, 6.45) is 1.75. The number of pyridine rings is 1. The summed E-state index contributed by atoms with van der Waals surface area (Å²) in [5.41, 5.74) is 0.982. The summed E-state index contributed by atoms with van der Waals surface area (Å²) in [4.78, 5) is 14.6. The van der Waals surface area contributed by atoms with E-state index >= 15 is 0 Å². The highest BCUT2D eigenvalue weighted by atomic mass is 32.2. The maximum atomic E-state index is 11.9. The fraction of sp³-hybridized carbons (Fsp3) is 0.538. The van der Waals surface area contributed by atoms with Gasteiger partial charge in [0.05, 0.1) is 16.6 Å². The molecule has 1 aliphatic carbocycles. The molecule has 0 bridgehead atoms. The molecule has 0 aromatic carbocycles. The minimum atomic E-state index is -3.33. The van der Waals surface area contributed by atoms with Crippen LogP contribution in [0.15, 0.2) is 18.3 Å². The number of nitrogens with zero attached hydrogens (tertiary/aromatic N) is 1. The molecule has 1 atom stereocenters. The molecule has 9 heteroatoms. The molecule has 0 radical (unpaired) electrons. The van der Waals surface area contributed by atoms with E-state index in [2.05, 4.69) is 15.0 Å². The van der Waals surface area contributed by atoms with E-state index in [0.29, 0.717) is 30.6 Å². The van der Waals surface area contributed by atoms with E-state index in [9.17, 15) is 13.2 Å². The second-order valence-electron chi connectivity index (χ2n) is 5.06. The topological polar surface area (TPSA) is 118 Å². The van der Waals surface area contributed by atoms with Crippen LogP contribution >= 0.6 is 0 Å². The minimum absolute atomic E-state index is 0.216. The van der Waals surface area contributed by atoms with E-state index in [4.69, 9.17) is 9.84 Å². The Morgan fingerprint density at radius 3 is 2.86 bits per heavy atom. The number of aromatic nitrogens is 1. The van der Waals surface area contributed by atoms with Gasteiger partial charge in [-0.25, -0.2) is 13.2 Å². The van der Waals surface area contributed by atoms with Crippen molar-refractivity contribution in [2.24, 2.45) is 0 Å². The zero-order valence-electron chi connectivity index (χ0n) is 12.2. The van der Waals surface area contributed by atoms with Crippen molar-refractivity contribution in [1.82, 2.24) is 10.3 Å². The minimum Gasteiger partial charge on any atom is -0.465 e. The highest BCUT2D eigenvalue weighted by Crippen LogP contribution is 2.30. The van der Waals surface area contributed by atoms with Crippen LogP contribution in [0.2, 0.25) is 0 Å². The monoisotopic (exact) mass is 329 g/mol. The molecule has 1 saturated carbocycles. The van der Waals surface area contributed by atoms with Gasteiger partial charge in [-0.15, -0.1) is 0 Å². The first kappa shape index (κ1) is 16.5. The van der Waals surface area contributed by atoms with E-state index in [1.54, 1.807) is 12.1 Å². The average molecular weight is 329 g/mol. The van der Waals surface area contributed by atoms with Gasteiger partial charge in [-0.2, -0.15) is 0 Å². The molecule has 122 valence electrons. The van der Waals surface area contributed by atoms with Crippen LogP contribution in [0.1, 0.15) is 31.1 Å². The predicted molar refractivity (Wildman–Crippen MR) is 80.2 cm³/mol. The number of hydrogen-bond acceptors (Lipinski definition) is 5. The van der Waals surface area contributed by atoms with Crippen LogP contribution in [0, 0.1) is 0 Å². The van der Waals surface area contributed by atoms with E-state index in [1.807, 2.05) is 0 Å². The first-order valence-corrected chi connectivity index (χ1v) is 8.44. The summed E-state index contributed by atoms with van der Waals surface area (Å²) in [7, 11) is -1.83. The Hall–Kier alpha value is -1.87. The molecule has 1 aromatic heterocycles. The Bertz CT molecular complexity index is 630. The summed E-state index contributed by atoms with van der Waals surface area (Å²) in [6, 6.07) is 3.18. The number of ether oxygens (including phenoxy) is 1. The van der Waals surface area contributed by atoms with Gasteiger partial charge in [-0.05, 0) is 31.4 Å². The smallest absolute Gasteiger partial charge is 0.404 e. The number of amides is 1. The van der Waals surface area contributed by atoms with Crippen molar-refractivity contribution in [3.8, 4) is 0 Å². The van der Waals surface area contributed by atoms with Gasteiger partial charge >= 0.3 is 6.09 Å². The van der Waals surface area contributed by atoms with Crippen LogP contribution in [-0.4, -0.2) is 43.5 Å². The molecule has 8 nitrogen and oxygen atoms in total. The van der Waals surface area contributed by atoms with Gasteiger partial charge in [0.25, 0.3) is 0 Å². The van der Waals surface area contributed by atoms with Gasteiger partial charge in [0, 0.05) is 19.9 Å². The van der Waals surface area contributed by atoms with Crippen LogP contribution in [0.4, 0.5) is 10.5 Å². The number of sulfonamides is 1. The molecule has 1 aromatic rings. The average Bonchev–Trinajstić information content (AvgIpc) is 3.28. The number of rotatable bonds is 8. The van der Waals surface area contributed by atoms with Gasteiger partial charge in [-0.1, -0.05) is 0 Å². The van der Waals surface area contributed by atoms with Crippen molar-refractivity contribution in [2.45, 2.75) is 30.6 Å². The van der Waals surface area contributed by atoms with Crippen molar-refractivity contribution in [1.29, 1.82) is 0 Å². The van der Waals surface area contributed by atoms with Crippen molar-refractivity contribution in [2.75, 3.05) is 18.4 Å². The number of hydrogen-bond donors (Lipinski definition) is 3. The maximum Gasteiger partial charge on any atom is 0.404 e. The highest BCUT2D eigenvalue weighted by molar-refractivity contribution is 7.93. The lowest BCUT2D eigenvalue weighted by molar-refractivity contribution is 0.0919. The number of nitrogens with one attached hydrogen (secondary N) is 2. The summed E-state index contributed by atoms with van der Waals surface area (Å²) in [5.74, 6) is 0. The van der Waals surface area contributed by atoms with Gasteiger partial charge in [-0.3, -0.25) is 9.71 Å². The van der Waals surface area contributed by atoms with Crippen LogP contribution < -0.4 is 10.0 Å². The highest BCUT2D eigenvalue weighted by Gasteiger charge is 2.35. The molecule has 1 fully saturated rings. The number of anilines is 1. The largest absolute Gasteiger partial charge is 0.465 e. The fourth-order valence-corrected chi connectivity index (χ4v) is 3.39. The molecule has 0 saturated heterocycles. The lowest BCUT2D eigenvalue weighted by atomic mass is 10.1. The third-order valence-electron chi connectivity index (χ3n) is 3.30. The second-order valence-corrected chi connectivity index (χ2v) is 7.02. The molecule has 1 amide bonds. The normalized spacial score (nSPS) is 16.0. The zero-order valence-corrected chi connectivity index (χ0v) is 13.0. The molecule has 0 spiro atoms. The Morgan fingerprint density at radius 1 is 1.55 bits per heavy atom. The Labute approximate surface area is 128 Å². The fourth-order valence-electron chi connectivity index (χ4n) is 2.01. The molecular weight excluding hydrogens is 310 g/mol. The quantitative estimate of drug-likeness (QED) is 0.662. The van der Waals surface area contributed by atoms with Crippen LogP contribution in [0.5, 0.6) is 0 Å². The van der Waals surface area contributed by atoms with Gasteiger partial charge in [0.2, 0.25) is 10.0 Å². The molecular formula is C13H19N3O5S. The molecule has 1 aliphatic rings. The van der Waals surface area contributed by atoms with Crippen molar-refractivity contribution in [3.05, 3.63) is 24.0 Å². The van der Waals surface area contributed by atoms with E-state index in [-0.39, 0.29) is 11.8 Å². The van der Waals surface area contributed by atoms with Crippen molar-refractivity contribution in [3.63, 3.8) is 0 Å². The second kappa shape index (κ2) is 6.93. The number of carbonyl (C=O) groups is 1. The Balaban J connectivity index is 2.03. The van der Waals surface area contributed by atoms with Gasteiger partial charge in [0.15, 0.2) is 0 Å². The van der Waals surface area contributed by atoms with Crippen molar-refractivity contribution >= 4 is 21.8 Å². The number of carboxylic acid groups (broad SMARTS) is 1. The molecule has 0 aliphatic heterocycles. The first-order chi connectivity index (χ1) is 10.4. The predicted octanol–water partition coefficient (Wildman–Crippen LogP) is 1.33. The summed E-state index contributed by atoms with van der Waals surface area (Å²) >= 11 is 0. The van der Waals surface area contributed by atoms with Gasteiger partial charge in [0.1, 0.15) is 6.10 Å². The van der Waals surface area contributed by atoms with Crippen LogP contribution in [0.25, 0.3) is 0 Å². The summed E-state index contributed by atoms with van der Waals surface area (Å²) < 4.78 is 31.7. The number of methoxy groups -OCH3 is 1. The Morgan fingerprint density at radius 2 is 2.27 bits per heavy atom. The first-order valence-electron chi connectivity index (χ1n) is 6.89. The SMILES string of the molecule is CO[C@@H](CCNC(=O)O)c1cc(NS(=O)(=O)C2CC2)ccn1. The third-order valence-corrected chi connectivity index (χ3v) is 5.17. The molecule has 2 rings (SSSR count). The maximum absolute atomic E-state index is 11.9. The summed E-state index contributed by atoms with van der Waals surface area (Å²) in [6.45, 7) is 0.216. The standard InChI is InChI=1S/C13H19N3O5S/c1-21-12(5-7-15-13(17)18)11-8-9(4-6-14-11)16-22(19,20)10-2-3-10/h4,6,8,10,12,15H,2-3,5,7H2,1H3,(H,14,16)(H,17,18)/t12-/m0/s1. The lowest BCUT2D eigenvalue weighted by Crippen LogP contribution is -2.24. The van der Waals surface area contributed by atoms with Crippen molar-refractivity contribution < 1.29 is 23.1 Å². The molecule has 22 heavy (non-hydrogen) atoms. The summed E-state index contributed by atoms with van der Waals surface area (Å²) in [5, 5.41) is 10.5. The van der Waals surface area contributed by atoms with Crippen LogP contribution in [-0.2, 0) is 14.8 Å². The zero-order chi connectivity index (χ0) is 16.2. The van der Waals surface area contributed by atoms with E-state index in [0.717, 1.165) is 0 Å². The molecule has 3 N–H and O–H groups in total. The van der Waals surface area contributed by atoms with Crippen LogP contribution in [0.3, 0.4) is 0 Å². The lowest BCUT2D eigenvalue weighted by Gasteiger charge is -2.16. The molecule has 0 unspecified atom stereocenters. The third kappa shape index (κ3) is 4.57.